The number of benzene rings is 8. The summed E-state index contributed by atoms with van der Waals surface area (Å²) < 4.78 is 42.6. The maximum Gasteiger partial charge on any atom is 0.355 e. The summed E-state index contributed by atoms with van der Waals surface area (Å²) in [6.45, 7) is 57.5. The lowest BCUT2D eigenvalue weighted by atomic mass is 10.2. The largest absolute Gasteiger partial charge is 0.397 e. The molecule has 8 nitrogen and oxygen atoms in total. The highest BCUT2D eigenvalue weighted by Gasteiger charge is 2.20. The third-order valence-corrected chi connectivity index (χ3v) is 44.2. The van der Waals surface area contributed by atoms with Crippen molar-refractivity contribution in [2.24, 2.45) is 0 Å². The highest BCUT2D eigenvalue weighted by atomic mass is 28.3. The summed E-state index contributed by atoms with van der Waals surface area (Å²) in [5.74, 6) is 0. The molecule has 0 unspecified atom stereocenters. The SMILES string of the molecule is CO[SiH](OC)c1ccc([SiH](OC)OC)cc1.CO[SiH](OC)c1cccc([SiH](OC)OC)c1.C[SiH](C)Cc1ccc(C[SiH](C)C)cc1.C[SiH](C)Cc1cccc(C[SiH](C)C)c1.C[SiH](C)c1ccc([SiH](C)C)cc1.C[SiH](C)c1ccc([SiH](C)C)cc1.C[SiH](C)c1cccc([SiH](C)C)c1.C[SiH](C)c1cccc([SiH](C)C)c1. The van der Waals surface area contributed by atoms with Gasteiger partial charge in [-0.05, 0) is 44.9 Å². The van der Waals surface area contributed by atoms with Crippen LogP contribution in [0, 0.1) is 0 Å². The van der Waals surface area contributed by atoms with Gasteiger partial charge in [-0.1, -0.05) is 415 Å². The normalized spacial score (nSPS) is 11.3. The zero-order valence-corrected chi connectivity index (χ0v) is 92.3. The molecule has 0 aromatic heterocycles. The maximum absolute atomic E-state index is 5.34. The minimum absolute atomic E-state index is 0.433. The average Bonchev–Trinajstić information content (AvgIpc) is 0.867. The molecular weight excluding hydrogens is 1590 g/mol. The van der Waals surface area contributed by atoms with E-state index in [4.69, 9.17) is 35.4 Å². The number of hydrogen-bond acceptors (Lipinski definition) is 8. The summed E-state index contributed by atoms with van der Waals surface area (Å²) >= 11 is 0. The third-order valence-electron chi connectivity index (χ3n) is 18.3. The van der Waals surface area contributed by atoms with E-state index in [9.17, 15) is 0 Å². The van der Waals surface area contributed by atoms with Gasteiger partial charge in [-0.15, -0.1) is 0 Å². The molecule has 8 aromatic rings. The molecule has 0 radical (unpaired) electrons. The molecule has 0 atom stereocenters. The Morgan fingerprint density at radius 3 is 0.528 bits per heavy atom. The Bertz CT molecular complexity index is 3230. The van der Waals surface area contributed by atoms with Crippen LogP contribution in [0.1, 0.15) is 22.3 Å². The first-order chi connectivity index (χ1) is 51.1. The lowest BCUT2D eigenvalue weighted by Crippen LogP contribution is -2.41. The first kappa shape index (κ1) is 103. The second kappa shape index (κ2) is 58.7. The molecule has 24 heteroatoms. The van der Waals surface area contributed by atoms with Gasteiger partial charge in [-0.2, -0.15) is 0 Å². The van der Waals surface area contributed by atoms with Crippen LogP contribution in [-0.2, 0) is 59.6 Å². The Labute approximate surface area is 689 Å². The molecule has 0 heterocycles. The van der Waals surface area contributed by atoms with E-state index in [0.717, 1.165) is 20.7 Å². The molecule has 8 aromatic carbocycles. The standard InChI is InChI=1S/2C12H22Si2.2C10H18O4Si2.4C10H18Si2/c1-13(2)9-11-5-7-12(8-6-11)10-14(3)4;1-13(2)9-11-6-5-7-12(8-11)10-14(3)4;1-11-15(12-2)9-5-7-10(8-6-9)16(13-3)14-4;1-11-15(12-2)9-6-5-7-10(8-9)16(13-3)14-4;2*1-11(2)9-5-7-10(8-6-9)12(3)4;2*1-11(2)9-6-5-7-10(8-9)12(3)4/h2*5-8,13-14H,9-10H2,1-4H3;2*5-8,15-16H,1-4H3;4*5-8,11-12H,1-4H3. The molecule has 0 saturated carbocycles. The fourth-order valence-electron chi connectivity index (χ4n) is 11.8. The monoisotopic (exact) mass is 1740 g/mol. The van der Waals surface area contributed by atoms with Crippen molar-refractivity contribution in [3.63, 3.8) is 0 Å². The van der Waals surface area contributed by atoms with E-state index in [1.807, 2.05) is 42.5 Å². The lowest BCUT2D eigenvalue weighted by Gasteiger charge is -2.15. The zero-order valence-electron chi connectivity index (χ0n) is 73.8. The molecule has 0 saturated heterocycles. The van der Waals surface area contributed by atoms with Crippen LogP contribution >= 0.6 is 0 Å². The van der Waals surface area contributed by atoms with Crippen LogP contribution in [0.5, 0.6) is 0 Å². The maximum atomic E-state index is 5.34. The van der Waals surface area contributed by atoms with Crippen molar-refractivity contribution in [2.45, 2.75) is 181 Å². The number of rotatable bonds is 28. The van der Waals surface area contributed by atoms with E-state index >= 15 is 0 Å². The van der Waals surface area contributed by atoms with Gasteiger partial charge in [0, 0.05) is 92.1 Å². The van der Waals surface area contributed by atoms with E-state index in [1.54, 1.807) is 121 Å². The predicted octanol–water partition coefficient (Wildman–Crippen LogP) is 8.20. The summed E-state index contributed by atoms with van der Waals surface area (Å²) in [6, 6.07) is 77.3. The molecule has 0 aliphatic heterocycles. The van der Waals surface area contributed by atoms with E-state index < -0.39 is 143 Å². The van der Waals surface area contributed by atoms with E-state index in [-0.39, 0.29) is 0 Å². The van der Waals surface area contributed by atoms with Crippen LogP contribution in [0.3, 0.4) is 0 Å². The third kappa shape index (κ3) is 43.4. The van der Waals surface area contributed by atoms with Crippen molar-refractivity contribution in [2.75, 3.05) is 56.9 Å². The van der Waals surface area contributed by atoms with Crippen LogP contribution in [-0.4, -0.2) is 200 Å². The van der Waals surface area contributed by atoms with Crippen molar-refractivity contribution < 1.29 is 35.4 Å². The molecule has 0 fully saturated rings. The molecule has 0 spiro atoms. The van der Waals surface area contributed by atoms with Gasteiger partial charge in [0.15, 0.2) is 0 Å². The topological polar surface area (TPSA) is 73.8 Å². The van der Waals surface area contributed by atoms with Gasteiger partial charge in [0.25, 0.3) is 0 Å². The second-order valence-corrected chi connectivity index (χ2v) is 78.2. The minimum Gasteiger partial charge on any atom is -0.397 e. The van der Waals surface area contributed by atoms with Crippen LogP contribution < -0.4 is 62.2 Å². The highest BCUT2D eigenvalue weighted by molar-refractivity contribution is 6.76. The van der Waals surface area contributed by atoms with Crippen LogP contribution in [0.4, 0.5) is 0 Å². The molecule has 8 rings (SSSR count). The summed E-state index contributed by atoms with van der Waals surface area (Å²) in [6.07, 6.45) is 0. The Kier molecular flexibility index (Phi) is 55.9. The molecule has 0 aliphatic carbocycles. The van der Waals surface area contributed by atoms with Crippen LogP contribution in [0.2, 0.25) is 157 Å². The van der Waals surface area contributed by atoms with Crippen LogP contribution in [0.15, 0.2) is 194 Å². The first-order valence-electron chi connectivity index (χ1n) is 40.1. The molecule has 0 bridgehead atoms. The van der Waals surface area contributed by atoms with Gasteiger partial charge in [0.1, 0.15) is 0 Å². The van der Waals surface area contributed by atoms with Crippen molar-refractivity contribution in [1.29, 1.82) is 0 Å². The van der Waals surface area contributed by atoms with Crippen LogP contribution in [0.25, 0.3) is 0 Å². The Morgan fingerprint density at radius 1 is 0.167 bits per heavy atom. The Morgan fingerprint density at radius 2 is 0.333 bits per heavy atom. The Hall–Kier alpha value is -3.09. The highest BCUT2D eigenvalue weighted by Crippen LogP contribution is 2.11. The fraction of sp³-hybridized carbons (Fsp3) is 0.429. The zero-order chi connectivity index (χ0) is 81.6. The van der Waals surface area contributed by atoms with Crippen molar-refractivity contribution in [1.82, 2.24) is 0 Å². The molecule has 600 valence electrons. The van der Waals surface area contributed by atoms with Gasteiger partial charge in [0.05, 0.1) is 70.4 Å². The van der Waals surface area contributed by atoms with E-state index in [2.05, 4.69) is 309 Å². The summed E-state index contributed by atoms with van der Waals surface area (Å²) in [5.41, 5.74) is 6.22. The quantitative estimate of drug-likeness (QED) is 0.0456. The summed E-state index contributed by atoms with van der Waals surface area (Å²) in [5, 5.41) is 17.3. The summed E-state index contributed by atoms with van der Waals surface area (Å²) in [7, 11) is 0.259. The molecule has 0 amide bonds. The second-order valence-electron chi connectivity index (χ2n) is 32.5. The summed E-state index contributed by atoms with van der Waals surface area (Å²) in [4.78, 5) is 0. The Balaban J connectivity index is 0.000000619. The van der Waals surface area contributed by atoms with Crippen molar-refractivity contribution in [3.05, 3.63) is 216 Å². The lowest BCUT2D eigenvalue weighted by molar-refractivity contribution is 0.290. The fourth-order valence-corrected chi connectivity index (χ4v) is 30.3. The average molecular weight is 1740 g/mol. The van der Waals surface area contributed by atoms with Gasteiger partial charge < -0.3 is 35.4 Å². The molecule has 108 heavy (non-hydrogen) atoms. The number of hydrogen-bond donors (Lipinski definition) is 0. The van der Waals surface area contributed by atoms with Crippen molar-refractivity contribution >= 4 is 205 Å². The predicted molar refractivity (Wildman–Crippen MR) is 533 cm³/mol. The smallest absolute Gasteiger partial charge is 0.355 e. The van der Waals surface area contributed by atoms with E-state index in [1.165, 1.54) is 24.2 Å². The molecule has 0 N–H and O–H groups in total. The minimum atomic E-state index is -1.73. The van der Waals surface area contributed by atoms with Gasteiger partial charge in [-0.3, -0.25) is 0 Å². The molecular formula is C84H152O8Si16. The van der Waals surface area contributed by atoms with Gasteiger partial charge >= 0.3 is 37.1 Å². The van der Waals surface area contributed by atoms with Crippen molar-refractivity contribution in [3.8, 4) is 0 Å². The first-order valence-corrected chi connectivity index (χ1v) is 81.8. The van der Waals surface area contributed by atoms with E-state index in [0.29, 0.717) is 0 Å². The van der Waals surface area contributed by atoms with Gasteiger partial charge in [0.2, 0.25) is 0 Å². The van der Waals surface area contributed by atoms with Gasteiger partial charge in [-0.25, -0.2) is 0 Å². The molecule has 0 aliphatic rings.